The Morgan fingerprint density at radius 2 is 2.08 bits per heavy atom. The maximum atomic E-state index is 5.61. The number of benzene rings is 1. The Balaban J connectivity index is 2.50. The van der Waals surface area contributed by atoms with Gasteiger partial charge in [-0.2, -0.15) is 0 Å². The molecule has 1 aromatic carbocycles. The van der Waals surface area contributed by atoms with Crippen molar-refractivity contribution in [1.29, 1.82) is 0 Å². The van der Waals surface area contributed by atoms with Crippen LogP contribution in [-0.2, 0) is 0 Å². The van der Waals surface area contributed by atoms with Crippen LogP contribution >= 0.6 is 12.6 Å². The summed E-state index contributed by atoms with van der Waals surface area (Å²) in [6.07, 6.45) is 1.15. The minimum atomic E-state index is 0.605. The molecule has 0 aliphatic carbocycles. The van der Waals surface area contributed by atoms with Gasteiger partial charge in [-0.25, -0.2) is 0 Å². The van der Waals surface area contributed by atoms with Gasteiger partial charge in [-0.3, -0.25) is 0 Å². The van der Waals surface area contributed by atoms with Gasteiger partial charge in [0, 0.05) is 4.90 Å². The third-order valence-corrected chi connectivity index (χ3v) is 2.45. The van der Waals surface area contributed by atoms with E-state index in [1.165, 1.54) is 0 Å². The van der Waals surface area contributed by atoms with Crippen molar-refractivity contribution in [1.82, 2.24) is 0 Å². The first-order chi connectivity index (χ1) is 6.24. The van der Waals surface area contributed by atoms with Gasteiger partial charge in [0.1, 0.15) is 5.75 Å². The molecule has 0 spiro atoms. The van der Waals surface area contributed by atoms with Crippen molar-refractivity contribution in [2.45, 2.75) is 25.2 Å². The Morgan fingerprint density at radius 1 is 1.38 bits per heavy atom. The normalized spacial score (nSPS) is 12.5. The van der Waals surface area contributed by atoms with Crippen molar-refractivity contribution in [3.05, 3.63) is 24.3 Å². The highest BCUT2D eigenvalue weighted by Crippen LogP contribution is 2.21. The van der Waals surface area contributed by atoms with Crippen LogP contribution in [0.1, 0.15) is 20.3 Å². The standard InChI is InChI=1S/C11H16OS/c1-3-9(2)8-12-10-6-4-5-7-11(10)13/h4-7,9,13H,3,8H2,1-2H3. The van der Waals surface area contributed by atoms with E-state index in [0.29, 0.717) is 5.92 Å². The molecule has 13 heavy (non-hydrogen) atoms. The van der Waals surface area contributed by atoms with Crippen LogP contribution in [0, 0.1) is 5.92 Å². The molecule has 72 valence electrons. The highest BCUT2D eigenvalue weighted by Gasteiger charge is 2.01. The van der Waals surface area contributed by atoms with Crippen LogP contribution in [0.2, 0.25) is 0 Å². The lowest BCUT2D eigenvalue weighted by Crippen LogP contribution is -2.07. The topological polar surface area (TPSA) is 9.23 Å². The molecule has 2 heteroatoms. The maximum absolute atomic E-state index is 5.61. The summed E-state index contributed by atoms with van der Waals surface area (Å²) in [6, 6.07) is 7.81. The fourth-order valence-corrected chi connectivity index (χ4v) is 1.15. The van der Waals surface area contributed by atoms with Gasteiger partial charge in [0.25, 0.3) is 0 Å². The predicted octanol–water partition coefficient (Wildman–Crippen LogP) is 3.40. The summed E-state index contributed by atoms with van der Waals surface area (Å²) in [4.78, 5) is 0.908. The summed E-state index contributed by atoms with van der Waals surface area (Å²) in [5.74, 6) is 1.49. The van der Waals surface area contributed by atoms with E-state index in [0.717, 1.165) is 23.7 Å². The van der Waals surface area contributed by atoms with Crippen LogP contribution in [-0.4, -0.2) is 6.61 Å². The van der Waals surface area contributed by atoms with Crippen molar-refractivity contribution in [2.75, 3.05) is 6.61 Å². The zero-order valence-corrected chi connectivity index (χ0v) is 9.05. The Labute approximate surface area is 85.5 Å². The van der Waals surface area contributed by atoms with Crippen LogP contribution in [0.5, 0.6) is 5.75 Å². The second kappa shape index (κ2) is 5.18. The summed E-state index contributed by atoms with van der Waals surface area (Å²) in [6.45, 7) is 5.12. The van der Waals surface area contributed by atoms with Crippen LogP contribution in [0.25, 0.3) is 0 Å². The van der Waals surface area contributed by atoms with E-state index in [2.05, 4.69) is 26.5 Å². The van der Waals surface area contributed by atoms with Gasteiger partial charge in [-0.15, -0.1) is 12.6 Å². The molecule has 0 saturated carbocycles. The molecule has 0 aromatic heterocycles. The summed E-state index contributed by atoms with van der Waals surface area (Å²) < 4.78 is 5.61. The van der Waals surface area contributed by atoms with E-state index >= 15 is 0 Å². The first kappa shape index (κ1) is 10.5. The second-order valence-electron chi connectivity index (χ2n) is 3.29. The van der Waals surface area contributed by atoms with Gasteiger partial charge in [-0.1, -0.05) is 32.4 Å². The van der Waals surface area contributed by atoms with E-state index in [1.807, 2.05) is 24.3 Å². The highest BCUT2D eigenvalue weighted by molar-refractivity contribution is 7.80. The average Bonchev–Trinajstić information content (AvgIpc) is 2.16. The molecule has 1 aromatic rings. The Bertz CT molecular complexity index is 260. The van der Waals surface area contributed by atoms with Gasteiger partial charge >= 0.3 is 0 Å². The van der Waals surface area contributed by atoms with Crippen molar-refractivity contribution >= 4 is 12.6 Å². The van der Waals surface area contributed by atoms with Crippen LogP contribution < -0.4 is 4.74 Å². The van der Waals surface area contributed by atoms with Gasteiger partial charge in [0.15, 0.2) is 0 Å². The van der Waals surface area contributed by atoms with Crippen LogP contribution in [0.15, 0.2) is 29.2 Å². The van der Waals surface area contributed by atoms with Crippen molar-refractivity contribution in [3.63, 3.8) is 0 Å². The van der Waals surface area contributed by atoms with Crippen molar-refractivity contribution in [2.24, 2.45) is 5.92 Å². The van der Waals surface area contributed by atoms with Crippen molar-refractivity contribution in [3.8, 4) is 5.75 Å². The average molecular weight is 196 g/mol. The Hall–Kier alpha value is -0.630. The zero-order valence-electron chi connectivity index (χ0n) is 8.16. The molecule has 0 bridgehead atoms. The predicted molar refractivity (Wildman–Crippen MR) is 58.6 cm³/mol. The fraction of sp³-hybridized carbons (Fsp3) is 0.455. The fourth-order valence-electron chi connectivity index (χ4n) is 0.929. The van der Waals surface area contributed by atoms with E-state index in [-0.39, 0.29) is 0 Å². The van der Waals surface area contributed by atoms with Gasteiger partial charge in [0.2, 0.25) is 0 Å². The summed E-state index contributed by atoms with van der Waals surface area (Å²) in [5.41, 5.74) is 0. The smallest absolute Gasteiger partial charge is 0.132 e. The monoisotopic (exact) mass is 196 g/mol. The maximum Gasteiger partial charge on any atom is 0.132 e. The first-order valence-corrected chi connectivity index (χ1v) is 5.09. The van der Waals surface area contributed by atoms with Gasteiger partial charge < -0.3 is 4.74 Å². The minimum Gasteiger partial charge on any atom is -0.492 e. The first-order valence-electron chi connectivity index (χ1n) is 4.64. The molecule has 1 rings (SSSR count). The number of hydrogen-bond donors (Lipinski definition) is 1. The number of thiol groups is 1. The Morgan fingerprint density at radius 3 is 2.69 bits per heavy atom. The molecule has 0 aliphatic rings. The largest absolute Gasteiger partial charge is 0.492 e. The number of rotatable bonds is 4. The molecule has 0 fully saturated rings. The van der Waals surface area contributed by atoms with E-state index in [1.54, 1.807) is 0 Å². The molecule has 0 aliphatic heterocycles. The number of para-hydroxylation sites is 1. The Kier molecular flexibility index (Phi) is 4.16. The second-order valence-corrected chi connectivity index (χ2v) is 3.77. The number of ether oxygens (including phenoxy) is 1. The van der Waals surface area contributed by atoms with E-state index in [9.17, 15) is 0 Å². The SMILES string of the molecule is CCC(C)COc1ccccc1S. The number of hydrogen-bond acceptors (Lipinski definition) is 2. The quantitative estimate of drug-likeness (QED) is 0.726. The highest BCUT2D eigenvalue weighted by atomic mass is 32.1. The molecule has 0 radical (unpaired) electrons. The molecule has 0 saturated heterocycles. The third kappa shape index (κ3) is 3.31. The lowest BCUT2D eigenvalue weighted by molar-refractivity contribution is 0.251. The molecule has 0 heterocycles. The molecule has 1 atom stereocenters. The molecule has 1 nitrogen and oxygen atoms in total. The summed E-state index contributed by atoms with van der Waals surface area (Å²) >= 11 is 4.30. The molecule has 0 amide bonds. The van der Waals surface area contributed by atoms with E-state index < -0.39 is 0 Å². The van der Waals surface area contributed by atoms with Crippen LogP contribution in [0.3, 0.4) is 0 Å². The summed E-state index contributed by atoms with van der Waals surface area (Å²) in [7, 11) is 0. The zero-order chi connectivity index (χ0) is 9.68. The lowest BCUT2D eigenvalue weighted by Gasteiger charge is -2.11. The molecule has 0 N–H and O–H groups in total. The van der Waals surface area contributed by atoms with Gasteiger partial charge in [-0.05, 0) is 18.1 Å². The molecular formula is C11H16OS. The molecule has 1 unspecified atom stereocenters. The van der Waals surface area contributed by atoms with Gasteiger partial charge in [0.05, 0.1) is 6.61 Å². The van der Waals surface area contributed by atoms with Crippen LogP contribution in [0.4, 0.5) is 0 Å². The molecular weight excluding hydrogens is 180 g/mol. The van der Waals surface area contributed by atoms with Crippen molar-refractivity contribution < 1.29 is 4.74 Å². The third-order valence-electron chi connectivity index (χ3n) is 2.09. The minimum absolute atomic E-state index is 0.605. The van der Waals surface area contributed by atoms with E-state index in [4.69, 9.17) is 4.74 Å². The summed E-state index contributed by atoms with van der Waals surface area (Å²) in [5, 5.41) is 0. The lowest BCUT2D eigenvalue weighted by atomic mass is 10.1.